The quantitative estimate of drug-likeness (QED) is 0.344. The fraction of sp³-hybridized carbons (Fsp3) is 0. The summed E-state index contributed by atoms with van der Waals surface area (Å²) in [5.41, 5.74) is 0. The van der Waals surface area contributed by atoms with Crippen molar-refractivity contribution in [1.82, 2.24) is 0 Å². The van der Waals surface area contributed by atoms with Gasteiger partial charge in [0.15, 0.2) is 0 Å². The van der Waals surface area contributed by atoms with E-state index in [1.165, 1.54) is 0 Å². The van der Waals surface area contributed by atoms with Gasteiger partial charge in [-0.15, -0.1) is 12.4 Å². The van der Waals surface area contributed by atoms with Crippen LogP contribution in [-0.2, 0) is 19.5 Å². The van der Waals surface area contributed by atoms with Gasteiger partial charge in [-0.05, 0) is 0 Å². The monoisotopic (exact) mass is 130 g/mol. The summed E-state index contributed by atoms with van der Waals surface area (Å²) >= 11 is 0. The van der Waals surface area contributed by atoms with Crippen LogP contribution in [0, 0.1) is 14.9 Å². The molecule has 0 aromatic rings. The molecule has 0 aliphatic carbocycles. The summed E-state index contributed by atoms with van der Waals surface area (Å²) in [6.45, 7) is 0. The van der Waals surface area contributed by atoms with Crippen molar-refractivity contribution in [2.75, 3.05) is 0 Å². The van der Waals surface area contributed by atoms with Gasteiger partial charge in [0.2, 0.25) is 0 Å². The number of hydrogen-bond acceptors (Lipinski definition) is 0. The fourth-order valence-corrected chi connectivity index (χ4v) is 0. The number of hydrogen-bond donors (Lipinski definition) is 0. The zero-order valence-electron chi connectivity index (χ0n) is 3.12. The molecule has 0 radical (unpaired) electrons. The second kappa shape index (κ2) is 39.8. The summed E-state index contributed by atoms with van der Waals surface area (Å²) in [6.07, 6.45) is 0. The van der Waals surface area contributed by atoms with Crippen molar-refractivity contribution in [2.45, 2.75) is 0 Å². The molecule has 0 rings (SSSR count). The molecule has 0 aliphatic rings. The first-order valence-electron chi connectivity index (χ1n) is 0. The Hall–Kier alpha value is 0.913. The standard InChI is InChI=1S/2CH3.ClH.Zn/h2*1H3;1H;/q2*-1;;+2. The smallest absolute Gasteiger partial charge is 0.358 e. The molecule has 0 atom stereocenters. The Kier molecular flexibility index (Phi) is 898. The molecule has 0 aromatic heterocycles. The molecule has 2 heteroatoms. The van der Waals surface area contributed by atoms with Crippen LogP contribution in [0.4, 0.5) is 0 Å². The van der Waals surface area contributed by atoms with Gasteiger partial charge in [0, 0.05) is 0 Å². The molecule has 0 bridgehead atoms. The molecular formula is C2H7ClZn. The first-order valence-corrected chi connectivity index (χ1v) is 0. The third kappa shape index (κ3) is 12.8. The number of halogens is 1. The van der Waals surface area contributed by atoms with E-state index in [-0.39, 0.29) is 46.7 Å². The summed E-state index contributed by atoms with van der Waals surface area (Å²) in [5, 5.41) is 0. The Morgan fingerprint density at radius 2 is 0.750 bits per heavy atom. The predicted molar refractivity (Wildman–Crippen MR) is 20.1 cm³/mol. The molecule has 0 unspecified atom stereocenters. The third-order valence-electron chi connectivity index (χ3n) is 0. The van der Waals surface area contributed by atoms with Crippen LogP contribution >= 0.6 is 12.4 Å². The molecule has 0 aromatic carbocycles. The van der Waals surface area contributed by atoms with Crippen molar-refractivity contribution in [3.63, 3.8) is 0 Å². The van der Waals surface area contributed by atoms with Gasteiger partial charge >= 0.3 is 19.5 Å². The van der Waals surface area contributed by atoms with E-state index in [1.54, 1.807) is 0 Å². The van der Waals surface area contributed by atoms with Crippen molar-refractivity contribution >= 4 is 12.4 Å². The third-order valence-corrected chi connectivity index (χ3v) is 0. The molecule has 0 saturated heterocycles. The number of rotatable bonds is 0. The minimum Gasteiger partial charge on any atom is -0.358 e. The van der Waals surface area contributed by atoms with Gasteiger partial charge in [-0.1, -0.05) is 0 Å². The van der Waals surface area contributed by atoms with Crippen LogP contribution < -0.4 is 0 Å². The molecule has 0 N–H and O–H groups in total. The average Bonchev–Trinajstić information content (AvgIpc) is 0. The van der Waals surface area contributed by atoms with Gasteiger partial charge in [-0.3, -0.25) is 0 Å². The first kappa shape index (κ1) is 90.2. The maximum atomic E-state index is 0. The minimum atomic E-state index is 0. The Balaban J connectivity index is 0. The molecule has 0 aliphatic heterocycles. The van der Waals surface area contributed by atoms with E-state index in [4.69, 9.17) is 0 Å². The van der Waals surface area contributed by atoms with Crippen LogP contribution in [0.3, 0.4) is 0 Å². The summed E-state index contributed by atoms with van der Waals surface area (Å²) < 4.78 is 0. The van der Waals surface area contributed by atoms with Crippen LogP contribution in [0.25, 0.3) is 0 Å². The van der Waals surface area contributed by atoms with Crippen molar-refractivity contribution < 1.29 is 19.5 Å². The van der Waals surface area contributed by atoms with Gasteiger partial charge in [-0.25, -0.2) is 0 Å². The van der Waals surface area contributed by atoms with E-state index >= 15 is 0 Å². The van der Waals surface area contributed by atoms with Crippen molar-refractivity contribution in [3.05, 3.63) is 14.9 Å². The molecule has 24 valence electrons. The fourth-order valence-electron chi connectivity index (χ4n) is 0. The van der Waals surface area contributed by atoms with Crippen LogP contribution in [0.5, 0.6) is 0 Å². The minimum absolute atomic E-state index is 0. The van der Waals surface area contributed by atoms with Crippen LogP contribution in [0.15, 0.2) is 0 Å². The Bertz CT molecular complexity index is 6.00. The maximum Gasteiger partial charge on any atom is 2.00 e. The molecule has 0 amide bonds. The molecule has 4 heavy (non-hydrogen) atoms. The summed E-state index contributed by atoms with van der Waals surface area (Å²) in [5.74, 6) is 0. The Labute approximate surface area is 47.1 Å². The van der Waals surface area contributed by atoms with Gasteiger partial charge in [0.05, 0.1) is 0 Å². The Morgan fingerprint density at radius 3 is 0.750 bits per heavy atom. The second-order valence-electron chi connectivity index (χ2n) is 0. The van der Waals surface area contributed by atoms with E-state index in [2.05, 4.69) is 0 Å². The normalized spacial score (nSPS) is 0. The Morgan fingerprint density at radius 1 is 0.750 bits per heavy atom. The second-order valence-corrected chi connectivity index (χ2v) is 0. The van der Waals surface area contributed by atoms with E-state index in [0.29, 0.717) is 0 Å². The molecular weight excluding hydrogens is 125 g/mol. The van der Waals surface area contributed by atoms with E-state index in [0.717, 1.165) is 0 Å². The van der Waals surface area contributed by atoms with Gasteiger partial charge in [0.1, 0.15) is 0 Å². The van der Waals surface area contributed by atoms with E-state index in [1.807, 2.05) is 0 Å². The van der Waals surface area contributed by atoms with Gasteiger partial charge < -0.3 is 14.9 Å². The predicted octanol–water partition coefficient (Wildman–Crippen LogP) is 1.32. The van der Waals surface area contributed by atoms with E-state index in [9.17, 15) is 0 Å². The van der Waals surface area contributed by atoms with E-state index < -0.39 is 0 Å². The van der Waals surface area contributed by atoms with Crippen molar-refractivity contribution in [1.29, 1.82) is 0 Å². The molecule has 0 saturated carbocycles. The molecule has 0 fully saturated rings. The van der Waals surface area contributed by atoms with Crippen molar-refractivity contribution in [2.24, 2.45) is 0 Å². The van der Waals surface area contributed by atoms with Crippen LogP contribution in [-0.4, -0.2) is 0 Å². The molecule has 0 heterocycles. The zero-order chi connectivity index (χ0) is 0. The van der Waals surface area contributed by atoms with Crippen LogP contribution in [0.1, 0.15) is 0 Å². The van der Waals surface area contributed by atoms with Crippen LogP contribution in [0.2, 0.25) is 0 Å². The zero-order valence-corrected chi connectivity index (χ0v) is 6.90. The van der Waals surface area contributed by atoms with Gasteiger partial charge in [0.25, 0.3) is 0 Å². The SMILES string of the molecule is Cl.[CH3-].[CH3-].[Zn+2]. The largest absolute Gasteiger partial charge is 2.00 e. The van der Waals surface area contributed by atoms with Crippen molar-refractivity contribution in [3.8, 4) is 0 Å². The topological polar surface area (TPSA) is 0 Å². The maximum absolute atomic E-state index is 0. The molecule has 0 nitrogen and oxygen atoms in total. The summed E-state index contributed by atoms with van der Waals surface area (Å²) in [6, 6.07) is 0. The first-order chi connectivity index (χ1) is 0. The average molecular weight is 132 g/mol. The molecule has 0 spiro atoms. The van der Waals surface area contributed by atoms with Gasteiger partial charge in [-0.2, -0.15) is 0 Å². The summed E-state index contributed by atoms with van der Waals surface area (Å²) in [7, 11) is 0. The summed E-state index contributed by atoms with van der Waals surface area (Å²) in [4.78, 5) is 0.